The Morgan fingerprint density at radius 1 is 1.32 bits per heavy atom. The van der Waals surface area contributed by atoms with Crippen LogP contribution >= 0.6 is 27.5 Å². The first-order valence-corrected chi connectivity index (χ1v) is 6.76. The summed E-state index contributed by atoms with van der Waals surface area (Å²) in [5.74, 6) is 0.472. The van der Waals surface area contributed by atoms with Gasteiger partial charge in [0.1, 0.15) is 11.2 Å². The predicted octanol–water partition coefficient (Wildman–Crippen LogP) is 3.72. The highest BCUT2D eigenvalue weighted by molar-refractivity contribution is 9.10. The van der Waals surface area contributed by atoms with Crippen LogP contribution < -0.4 is 4.74 Å². The van der Waals surface area contributed by atoms with Crippen molar-refractivity contribution < 1.29 is 4.74 Å². The third kappa shape index (κ3) is 2.57. The highest BCUT2D eigenvalue weighted by Crippen LogP contribution is 2.22. The van der Waals surface area contributed by atoms with Gasteiger partial charge in [-0.2, -0.15) is 0 Å². The number of imidazole rings is 1. The molecule has 96 valence electrons. The summed E-state index contributed by atoms with van der Waals surface area (Å²) in [6.07, 6.45) is 5.36. The number of rotatable bonds is 3. The Morgan fingerprint density at radius 3 is 3.00 bits per heavy atom. The zero-order valence-electron chi connectivity index (χ0n) is 9.75. The van der Waals surface area contributed by atoms with E-state index in [1.54, 1.807) is 6.20 Å². The Bertz CT molecular complexity index is 729. The predicted molar refractivity (Wildman–Crippen MR) is 76.5 cm³/mol. The lowest BCUT2D eigenvalue weighted by atomic mass is 10.2. The van der Waals surface area contributed by atoms with Gasteiger partial charge in [-0.15, -0.1) is 0 Å². The van der Waals surface area contributed by atoms with Crippen molar-refractivity contribution in [2.24, 2.45) is 0 Å². The molecule has 1 aromatic carbocycles. The molecule has 0 radical (unpaired) electrons. The summed E-state index contributed by atoms with van der Waals surface area (Å²) < 4.78 is 8.25. The number of fused-ring (bicyclic) bond motifs is 1. The van der Waals surface area contributed by atoms with Gasteiger partial charge in [0.2, 0.25) is 5.65 Å². The van der Waals surface area contributed by atoms with Crippen LogP contribution in [0.15, 0.2) is 47.5 Å². The van der Waals surface area contributed by atoms with E-state index in [0.29, 0.717) is 27.8 Å². The van der Waals surface area contributed by atoms with Crippen molar-refractivity contribution in [3.8, 4) is 5.88 Å². The van der Waals surface area contributed by atoms with Crippen molar-refractivity contribution in [1.82, 2.24) is 14.4 Å². The standard InChI is InChI=1S/C13H9BrClN3O/c14-11-7-18-6-5-16-12(18)13(17-11)19-8-9-3-1-2-4-10(9)15/h1-7H,8H2. The molecule has 0 saturated heterocycles. The number of aromatic nitrogens is 3. The molecule has 2 heterocycles. The largest absolute Gasteiger partial charge is 0.470 e. The molecule has 0 aliphatic carbocycles. The van der Waals surface area contributed by atoms with Crippen LogP contribution in [0.4, 0.5) is 0 Å². The third-order valence-electron chi connectivity index (χ3n) is 2.64. The smallest absolute Gasteiger partial charge is 0.259 e. The van der Waals surface area contributed by atoms with Gasteiger partial charge in [-0.05, 0) is 22.0 Å². The first-order chi connectivity index (χ1) is 9.24. The molecular weight excluding hydrogens is 330 g/mol. The van der Waals surface area contributed by atoms with Gasteiger partial charge in [0.05, 0.1) is 0 Å². The number of halogens is 2. The maximum absolute atomic E-state index is 6.09. The fourth-order valence-electron chi connectivity index (χ4n) is 1.73. The highest BCUT2D eigenvalue weighted by atomic mass is 79.9. The molecule has 19 heavy (non-hydrogen) atoms. The van der Waals surface area contributed by atoms with Crippen LogP contribution in [-0.2, 0) is 6.61 Å². The summed E-state index contributed by atoms with van der Waals surface area (Å²) in [6.45, 7) is 0.353. The van der Waals surface area contributed by atoms with E-state index in [2.05, 4.69) is 25.9 Å². The molecule has 3 aromatic rings. The topological polar surface area (TPSA) is 39.4 Å². The Labute approximate surface area is 123 Å². The number of hydrogen-bond donors (Lipinski definition) is 0. The van der Waals surface area contributed by atoms with Gasteiger partial charge in [-0.3, -0.25) is 4.40 Å². The minimum absolute atomic E-state index is 0.353. The molecule has 0 aliphatic heterocycles. The second-order valence-electron chi connectivity index (χ2n) is 3.91. The lowest BCUT2D eigenvalue weighted by Gasteiger charge is -2.08. The number of nitrogens with zero attached hydrogens (tertiary/aromatic N) is 3. The van der Waals surface area contributed by atoms with E-state index in [9.17, 15) is 0 Å². The molecule has 6 heteroatoms. The van der Waals surface area contributed by atoms with E-state index < -0.39 is 0 Å². The maximum atomic E-state index is 6.09. The lowest BCUT2D eigenvalue weighted by Crippen LogP contribution is -2.01. The Hall–Kier alpha value is -1.59. The lowest BCUT2D eigenvalue weighted by molar-refractivity contribution is 0.295. The normalized spacial score (nSPS) is 10.8. The summed E-state index contributed by atoms with van der Waals surface area (Å²) in [5.41, 5.74) is 1.59. The molecule has 0 spiro atoms. The van der Waals surface area contributed by atoms with Gasteiger partial charge in [-0.1, -0.05) is 29.8 Å². The molecule has 0 saturated carbocycles. The van der Waals surface area contributed by atoms with Crippen LogP contribution in [0.25, 0.3) is 5.65 Å². The van der Waals surface area contributed by atoms with Gasteiger partial charge < -0.3 is 4.74 Å². The minimum Gasteiger partial charge on any atom is -0.470 e. The fraction of sp³-hybridized carbons (Fsp3) is 0.0769. The second kappa shape index (κ2) is 5.19. The van der Waals surface area contributed by atoms with Gasteiger partial charge in [0.15, 0.2) is 0 Å². The van der Waals surface area contributed by atoms with Crippen LogP contribution in [0.3, 0.4) is 0 Å². The van der Waals surface area contributed by atoms with E-state index in [0.717, 1.165) is 5.56 Å². The van der Waals surface area contributed by atoms with Crippen LogP contribution in [0.2, 0.25) is 5.02 Å². The van der Waals surface area contributed by atoms with Crippen molar-refractivity contribution >= 4 is 33.2 Å². The maximum Gasteiger partial charge on any atom is 0.259 e. The number of benzene rings is 1. The van der Waals surface area contributed by atoms with Gasteiger partial charge in [0, 0.05) is 29.2 Å². The molecule has 0 aliphatic rings. The molecule has 0 N–H and O–H groups in total. The molecule has 2 aromatic heterocycles. The molecule has 0 bridgehead atoms. The summed E-state index contributed by atoms with van der Waals surface area (Å²) in [7, 11) is 0. The van der Waals surface area contributed by atoms with Crippen molar-refractivity contribution in [2.75, 3.05) is 0 Å². The second-order valence-corrected chi connectivity index (χ2v) is 5.13. The summed E-state index contributed by atoms with van der Waals surface area (Å²) >= 11 is 9.43. The quantitative estimate of drug-likeness (QED) is 0.730. The van der Waals surface area contributed by atoms with Gasteiger partial charge in [-0.25, -0.2) is 9.97 Å². The average molecular weight is 339 g/mol. The van der Waals surface area contributed by atoms with Crippen LogP contribution in [0, 0.1) is 0 Å². The Kier molecular flexibility index (Phi) is 3.40. The van der Waals surface area contributed by atoms with Crippen LogP contribution in [0.1, 0.15) is 5.56 Å². The molecule has 3 rings (SSSR count). The number of ether oxygens (including phenoxy) is 1. The van der Waals surface area contributed by atoms with E-state index in [1.807, 2.05) is 41.1 Å². The zero-order valence-corrected chi connectivity index (χ0v) is 12.1. The molecule has 4 nitrogen and oxygen atoms in total. The first kappa shape index (κ1) is 12.4. The summed E-state index contributed by atoms with van der Waals surface area (Å²) in [5, 5.41) is 0.678. The molecule has 0 atom stereocenters. The van der Waals surface area contributed by atoms with E-state index in [-0.39, 0.29) is 0 Å². The zero-order chi connectivity index (χ0) is 13.2. The first-order valence-electron chi connectivity index (χ1n) is 5.59. The summed E-state index contributed by atoms with van der Waals surface area (Å²) in [6, 6.07) is 7.56. The highest BCUT2D eigenvalue weighted by Gasteiger charge is 2.08. The van der Waals surface area contributed by atoms with Crippen molar-refractivity contribution in [3.63, 3.8) is 0 Å². The molecular formula is C13H9BrClN3O. The van der Waals surface area contributed by atoms with E-state index in [4.69, 9.17) is 16.3 Å². The van der Waals surface area contributed by atoms with Gasteiger partial charge in [0.25, 0.3) is 5.88 Å². The summed E-state index contributed by atoms with van der Waals surface area (Å²) in [4.78, 5) is 8.50. The third-order valence-corrected chi connectivity index (χ3v) is 3.39. The molecule has 0 amide bonds. The van der Waals surface area contributed by atoms with E-state index >= 15 is 0 Å². The minimum atomic E-state index is 0.353. The van der Waals surface area contributed by atoms with E-state index in [1.165, 1.54) is 0 Å². The van der Waals surface area contributed by atoms with Gasteiger partial charge >= 0.3 is 0 Å². The average Bonchev–Trinajstić information content (AvgIpc) is 2.85. The molecule has 0 fully saturated rings. The van der Waals surface area contributed by atoms with Crippen molar-refractivity contribution in [1.29, 1.82) is 0 Å². The van der Waals surface area contributed by atoms with Crippen LogP contribution in [0.5, 0.6) is 5.88 Å². The van der Waals surface area contributed by atoms with Crippen molar-refractivity contribution in [2.45, 2.75) is 6.61 Å². The monoisotopic (exact) mass is 337 g/mol. The van der Waals surface area contributed by atoms with Crippen LogP contribution in [-0.4, -0.2) is 14.4 Å². The SMILES string of the molecule is Clc1ccccc1COc1nc(Br)cn2ccnc12. The number of hydrogen-bond acceptors (Lipinski definition) is 3. The molecule has 0 unspecified atom stereocenters. The fourth-order valence-corrected chi connectivity index (χ4v) is 2.30. The Balaban J connectivity index is 1.90. The Morgan fingerprint density at radius 2 is 2.16 bits per heavy atom. The van der Waals surface area contributed by atoms with Crippen molar-refractivity contribution in [3.05, 3.63) is 58.0 Å².